The van der Waals surface area contributed by atoms with Crippen molar-refractivity contribution < 1.29 is 19.0 Å². The van der Waals surface area contributed by atoms with E-state index in [1.165, 1.54) is 6.33 Å². The second-order valence-corrected chi connectivity index (χ2v) is 6.86. The maximum absolute atomic E-state index is 13.5. The van der Waals surface area contributed by atoms with Crippen molar-refractivity contribution in [3.05, 3.63) is 65.6 Å². The van der Waals surface area contributed by atoms with Gasteiger partial charge in [-0.25, -0.2) is 4.68 Å². The normalized spacial score (nSPS) is 15.0. The molecule has 9 heteroatoms. The van der Waals surface area contributed by atoms with Crippen LogP contribution < -0.4 is 24.8 Å². The van der Waals surface area contributed by atoms with Gasteiger partial charge in [-0.1, -0.05) is 18.2 Å². The zero-order chi connectivity index (χ0) is 22.0. The molecule has 1 aromatic heterocycles. The molecule has 0 saturated carbocycles. The number of aromatic nitrogens is 3. The highest BCUT2D eigenvalue weighted by atomic mass is 16.5. The van der Waals surface area contributed by atoms with Gasteiger partial charge >= 0.3 is 0 Å². The lowest BCUT2D eigenvalue weighted by atomic mass is 9.94. The van der Waals surface area contributed by atoms with Crippen LogP contribution in [0.4, 0.5) is 11.6 Å². The van der Waals surface area contributed by atoms with Crippen molar-refractivity contribution in [2.75, 3.05) is 32.0 Å². The largest absolute Gasteiger partial charge is 0.495 e. The average molecular weight is 421 g/mol. The van der Waals surface area contributed by atoms with Crippen molar-refractivity contribution in [1.29, 1.82) is 0 Å². The van der Waals surface area contributed by atoms with Gasteiger partial charge in [-0.05, 0) is 36.8 Å². The SMILES string of the molecule is COc1ccccc1NC(=O)C1=C(C)Nc2ncnn2[C@@H]1c1ccc(OC)c(OC)c1. The van der Waals surface area contributed by atoms with E-state index in [0.29, 0.717) is 40.2 Å². The number of allylic oxidation sites excluding steroid dienone is 1. The predicted molar refractivity (Wildman–Crippen MR) is 116 cm³/mol. The molecule has 1 aliphatic rings. The number of hydrogen-bond donors (Lipinski definition) is 2. The fraction of sp³-hybridized carbons (Fsp3) is 0.227. The third kappa shape index (κ3) is 3.65. The summed E-state index contributed by atoms with van der Waals surface area (Å²) >= 11 is 0. The summed E-state index contributed by atoms with van der Waals surface area (Å²) in [5, 5.41) is 10.5. The molecule has 0 fully saturated rings. The number of fused-ring (bicyclic) bond motifs is 1. The van der Waals surface area contributed by atoms with Gasteiger partial charge in [0.1, 0.15) is 18.1 Å². The lowest BCUT2D eigenvalue weighted by molar-refractivity contribution is -0.113. The Morgan fingerprint density at radius 1 is 1.03 bits per heavy atom. The van der Waals surface area contributed by atoms with Crippen LogP contribution in [0, 0.1) is 0 Å². The molecule has 0 radical (unpaired) electrons. The summed E-state index contributed by atoms with van der Waals surface area (Å²) in [6, 6.07) is 12.3. The maximum Gasteiger partial charge on any atom is 0.255 e. The number of nitrogens with zero attached hydrogens (tertiary/aromatic N) is 3. The standard InChI is InChI=1S/C22H23N5O4/c1-13-19(21(28)26-15-7-5-6-8-16(15)29-2)20(27-22(25-13)23-12-24-27)14-9-10-17(30-3)18(11-14)31-4/h5-12,20H,1-4H3,(H,26,28)(H,23,24,25)/t20-/m1/s1. The minimum Gasteiger partial charge on any atom is -0.495 e. The first kappa shape index (κ1) is 20.3. The molecule has 0 unspecified atom stereocenters. The number of carbonyl (C=O) groups excluding carboxylic acids is 1. The van der Waals surface area contributed by atoms with Crippen molar-refractivity contribution in [2.45, 2.75) is 13.0 Å². The number of rotatable bonds is 6. The number of carbonyl (C=O) groups is 1. The van der Waals surface area contributed by atoms with Crippen LogP contribution >= 0.6 is 0 Å². The van der Waals surface area contributed by atoms with Gasteiger partial charge in [0.15, 0.2) is 11.5 Å². The molecule has 1 atom stereocenters. The molecule has 2 heterocycles. The Morgan fingerprint density at radius 2 is 1.77 bits per heavy atom. The summed E-state index contributed by atoms with van der Waals surface area (Å²) in [6.07, 6.45) is 1.45. The van der Waals surface area contributed by atoms with Gasteiger partial charge in [-0.15, -0.1) is 0 Å². The minimum absolute atomic E-state index is 0.282. The number of methoxy groups -OCH3 is 3. The molecule has 4 rings (SSSR count). The summed E-state index contributed by atoms with van der Waals surface area (Å²) in [7, 11) is 4.71. The third-order valence-corrected chi connectivity index (χ3v) is 5.12. The minimum atomic E-state index is -0.520. The van der Waals surface area contributed by atoms with Gasteiger partial charge in [-0.2, -0.15) is 10.1 Å². The lowest BCUT2D eigenvalue weighted by Gasteiger charge is -2.29. The van der Waals surface area contributed by atoms with E-state index in [1.807, 2.05) is 31.2 Å². The van der Waals surface area contributed by atoms with Crippen LogP contribution in [-0.2, 0) is 4.79 Å². The molecule has 3 aromatic rings. The smallest absolute Gasteiger partial charge is 0.255 e. The van der Waals surface area contributed by atoms with Gasteiger partial charge in [0.2, 0.25) is 5.95 Å². The Bertz CT molecular complexity index is 1150. The zero-order valence-corrected chi connectivity index (χ0v) is 17.7. The second kappa shape index (κ2) is 8.39. The Hall–Kier alpha value is -4.01. The number of ether oxygens (including phenoxy) is 3. The molecule has 0 aliphatic carbocycles. The molecule has 0 spiro atoms. The van der Waals surface area contributed by atoms with Crippen molar-refractivity contribution in [2.24, 2.45) is 0 Å². The van der Waals surface area contributed by atoms with E-state index in [4.69, 9.17) is 14.2 Å². The van der Waals surface area contributed by atoms with Gasteiger partial charge in [-0.3, -0.25) is 4.79 Å². The van der Waals surface area contributed by atoms with E-state index in [9.17, 15) is 4.79 Å². The molecule has 2 N–H and O–H groups in total. The van der Waals surface area contributed by atoms with E-state index in [2.05, 4.69) is 20.7 Å². The van der Waals surface area contributed by atoms with E-state index < -0.39 is 6.04 Å². The predicted octanol–water partition coefficient (Wildman–Crippen LogP) is 3.23. The maximum atomic E-state index is 13.5. The Kier molecular flexibility index (Phi) is 5.48. The van der Waals surface area contributed by atoms with Crippen LogP contribution in [0.5, 0.6) is 17.2 Å². The zero-order valence-electron chi connectivity index (χ0n) is 17.7. The van der Waals surface area contributed by atoms with Gasteiger partial charge in [0.25, 0.3) is 5.91 Å². The van der Waals surface area contributed by atoms with Crippen LogP contribution in [0.1, 0.15) is 18.5 Å². The van der Waals surface area contributed by atoms with E-state index in [0.717, 1.165) is 5.56 Å². The molecular formula is C22H23N5O4. The molecule has 1 amide bonds. The summed E-state index contributed by atoms with van der Waals surface area (Å²) in [5.74, 6) is 1.99. The first-order valence-electron chi connectivity index (χ1n) is 9.61. The van der Waals surface area contributed by atoms with Crippen molar-refractivity contribution in [1.82, 2.24) is 14.8 Å². The fourth-order valence-corrected chi connectivity index (χ4v) is 3.65. The summed E-state index contributed by atoms with van der Waals surface area (Å²) in [6.45, 7) is 1.84. The number of nitrogens with one attached hydrogen (secondary N) is 2. The van der Waals surface area contributed by atoms with Crippen LogP contribution in [0.3, 0.4) is 0 Å². The fourth-order valence-electron chi connectivity index (χ4n) is 3.65. The van der Waals surface area contributed by atoms with Gasteiger partial charge in [0, 0.05) is 5.70 Å². The monoisotopic (exact) mass is 421 g/mol. The van der Waals surface area contributed by atoms with Crippen LogP contribution in [0.2, 0.25) is 0 Å². The molecule has 31 heavy (non-hydrogen) atoms. The van der Waals surface area contributed by atoms with E-state index in [-0.39, 0.29) is 5.91 Å². The molecule has 9 nitrogen and oxygen atoms in total. The van der Waals surface area contributed by atoms with Crippen LogP contribution in [-0.4, -0.2) is 42.0 Å². The van der Waals surface area contributed by atoms with Crippen molar-refractivity contribution >= 4 is 17.5 Å². The molecule has 160 valence electrons. The Balaban J connectivity index is 1.79. The number of para-hydroxylation sites is 2. The highest BCUT2D eigenvalue weighted by molar-refractivity contribution is 6.06. The van der Waals surface area contributed by atoms with Gasteiger partial charge < -0.3 is 24.8 Å². The second-order valence-electron chi connectivity index (χ2n) is 6.86. The molecule has 0 saturated heterocycles. The van der Waals surface area contributed by atoms with Crippen LogP contribution in [0.25, 0.3) is 0 Å². The molecular weight excluding hydrogens is 398 g/mol. The number of hydrogen-bond acceptors (Lipinski definition) is 7. The number of anilines is 2. The van der Waals surface area contributed by atoms with E-state index >= 15 is 0 Å². The number of amides is 1. The highest BCUT2D eigenvalue weighted by Crippen LogP contribution is 2.39. The topological polar surface area (TPSA) is 99.5 Å². The quantitative estimate of drug-likeness (QED) is 0.630. The highest BCUT2D eigenvalue weighted by Gasteiger charge is 2.34. The Morgan fingerprint density at radius 3 is 2.52 bits per heavy atom. The summed E-state index contributed by atoms with van der Waals surface area (Å²) < 4.78 is 17.9. The summed E-state index contributed by atoms with van der Waals surface area (Å²) in [5.41, 5.74) is 2.55. The van der Waals surface area contributed by atoms with Crippen LogP contribution in [0.15, 0.2) is 60.1 Å². The summed E-state index contributed by atoms with van der Waals surface area (Å²) in [4.78, 5) is 17.7. The molecule has 0 bridgehead atoms. The third-order valence-electron chi connectivity index (χ3n) is 5.12. The molecule has 2 aromatic carbocycles. The lowest BCUT2D eigenvalue weighted by Crippen LogP contribution is -2.31. The van der Waals surface area contributed by atoms with Gasteiger partial charge in [0.05, 0.1) is 32.6 Å². The van der Waals surface area contributed by atoms with Crippen molar-refractivity contribution in [3.8, 4) is 17.2 Å². The first-order chi connectivity index (χ1) is 15.1. The molecule has 1 aliphatic heterocycles. The number of benzene rings is 2. The average Bonchev–Trinajstić information content (AvgIpc) is 3.25. The van der Waals surface area contributed by atoms with Crippen molar-refractivity contribution in [3.63, 3.8) is 0 Å². The first-order valence-corrected chi connectivity index (χ1v) is 9.61. The van der Waals surface area contributed by atoms with E-state index in [1.54, 1.807) is 44.2 Å². The Labute approximate surface area is 179 Å².